The van der Waals surface area contributed by atoms with Crippen LogP contribution in [0.2, 0.25) is 0 Å². The first-order chi connectivity index (χ1) is 9.48. The molecule has 120 valence electrons. The molecule has 21 heavy (non-hydrogen) atoms. The fourth-order valence-electron chi connectivity index (χ4n) is 1.83. The maximum Gasteiger partial charge on any atom is 0.405 e. The van der Waals surface area contributed by atoms with E-state index in [-0.39, 0.29) is 16.3 Å². The first-order valence-electron chi connectivity index (χ1n) is 6.14. The summed E-state index contributed by atoms with van der Waals surface area (Å²) in [7, 11) is -2.51. The Morgan fingerprint density at radius 3 is 2.29 bits per heavy atom. The summed E-state index contributed by atoms with van der Waals surface area (Å²) in [6, 6.07) is 3.32. The minimum absolute atomic E-state index is 0.102. The van der Waals surface area contributed by atoms with Crippen molar-refractivity contribution in [2.75, 3.05) is 24.2 Å². The summed E-state index contributed by atoms with van der Waals surface area (Å²) in [6.45, 7) is 2.09. The molecule has 0 saturated heterocycles. The van der Waals surface area contributed by atoms with Gasteiger partial charge < -0.3 is 10.6 Å². The number of anilines is 2. The Balaban J connectivity index is 3.22. The molecule has 0 radical (unpaired) electrons. The molecule has 1 aromatic rings. The number of rotatable bonds is 5. The second-order valence-corrected chi connectivity index (χ2v) is 6.62. The molecule has 0 fully saturated rings. The molecule has 0 spiro atoms. The average Bonchev–Trinajstić information content (AvgIpc) is 2.34. The van der Waals surface area contributed by atoms with Crippen molar-refractivity contribution in [3.8, 4) is 0 Å². The molecule has 0 amide bonds. The number of hydrogen-bond donors (Lipinski definition) is 2. The number of sulfonamides is 1. The maximum atomic E-state index is 12.6. The molecule has 0 unspecified atom stereocenters. The van der Waals surface area contributed by atoms with Crippen LogP contribution in [-0.4, -0.2) is 34.2 Å². The molecule has 3 N–H and O–H groups in total. The Hall–Kier alpha value is -1.48. The van der Waals surface area contributed by atoms with E-state index in [2.05, 4.69) is 4.72 Å². The molecule has 0 bridgehead atoms. The minimum atomic E-state index is -4.37. The lowest BCUT2D eigenvalue weighted by atomic mass is 10.2. The van der Waals surface area contributed by atoms with Gasteiger partial charge in [0.25, 0.3) is 0 Å². The van der Waals surface area contributed by atoms with Crippen molar-refractivity contribution >= 4 is 21.4 Å². The molecule has 5 nitrogen and oxygen atoms in total. The van der Waals surface area contributed by atoms with Crippen LogP contribution in [0.5, 0.6) is 0 Å². The summed E-state index contributed by atoms with van der Waals surface area (Å²) in [5.74, 6) is 0. The maximum absolute atomic E-state index is 12.6. The van der Waals surface area contributed by atoms with Crippen LogP contribution in [0.25, 0.3) is 0 Å². The van der Waals surface area contributed by atoms with E-state index in [1.54, 1.807) is 13.8 Å². The summed E-state index contributed by atoms with van der Waals surface area (Å²) in [6.07, 6.45) is -4.37. The lowest BCUT2D eigenvalue weighted by molar-refractivity contribution is -0.120. The van der Waals surface area contributed by atoms with Crippen molar-refractivity contribution in [2.24, 2.45) is 0 Å². The standard InChI is InChI=1S/C12H18F3N3O2S/c1-8(2)18(7-12(13,14)15)9-4-5-11(10(16)6-9)21(19,20)17-3/h4-6,8,17H,7,16H2,1-3H3. The van der Waals surface area contributed by atoms with Crippen LogP contribution in [0.15, 0.2) is 23.1 Å². The van der Waals surface area contributed by atoms with E-state index in [1.165, 1.54) is 25.2 Å². The van der Waals surface area contributed by atoms with Gasteiger partial charge in [0.15, 0.2) is 0 Å². The van der Waals surface area contributed by atoms with Crippen LogP contribution in [0.4, 0.5) is 24.5 Å². The second-order valence-electron chi connectivity index (χ2n) is 4.77. The summed E-state index contributed by atoms with van der Waals surface area (Å²) in [5.41, 5.74) is 5.77. The predicted octanol–water partition coefficient (Wildman–Crippen LogP) is 1.95. The van der Waals surface area contributed by atoms with E-state index in [0.29, 0.717) is 0 Å². The van der Waals surface area contributed by atoms with Crippen LogP contribution in [-0.2, 0) is 10.0 Å². The minimum Gasteiger partial charge on any atom is -0.398 e. The number of alkyl halides is 3. The van der Waals surface area contributed by atoms with Crippen LogP contribution >= 0.6 is 0 Å². The zero-order valence-corrected chi connectivity index (χ0v) is 12.7. The normalized spacial score (nSPS) is 12.7. The highest BCUT2D eigenvalue weighted by Crippen LogP contribution is 2.28. The van der Waals surface area contributed by atoms with Crippen LogP contribution in [0, 0.1) is 0 Å². The van der Waals surface area contributed by atoms with Gasteiger partial charge in [0, 0.05) is 11.7 Å². The molecule has 1 rings (SSSR count). The molecule has 9 heteroatoms. The van der Waals surface area contributed by atoms with Crippen LogP contribution in [0.1, 0.15) is 13.8 Å². The first kappa shape index (κ1) is 17.6. The zero-order chi connectivity index (χ0) is 16.4. The largest absolute Gasteiger partial charge is 0.405 e. The van der Waals surface area contributed by atoms with Crippen LogP contribution < -0.4 is 15.4 Å². The summed E-state index contributed by atoms with van der Waals surface area (Å²) < 4.78 is 63.3. The van der Waals surface area contributed by atoms with Crippen molar-refractivity contribution < 1.29 is 21.6 Å². The van der Waals surface area contributed by atoms with Crippen molar-refractivity contribution in [2.45, 2.75) is 31.0 Å². The average molecular weight is 325 g/mol. The first-order valence-corrected chi connectivity index (χ1v) is 7.62. The van der Waals surface area contributed by atoms with Crippen LogP contribution in [0.3, 0.4) is 0 Å². The third-order valence-electron chi connectivity index (χ3n) is 2.86. The molecule has 1 aromatic carbocycles. The number of halogens is 3. The van der Waals surface area contributed by atoms with E-state index in [0.717, 1.165) is 4.90 Å². The van der Waals surface area contributed by atoms with Gasteiger partial charge in [-0.25, -0.2) is 13.1 Å². The quantitative estimate of drug-likeness (QED) is 0.812. The molecule has 0 aliphatic rings. The van der Waals surface area contributed by atoms with Gasteiger partial charge in [-0.05, 0) is 39.1 Å². The highest BCUT2D eigenvalue weighted by atomic mass is 32.2. The summed E-state index contributed by atoms with van der Waals surface area (Å²) >= 11 is 0. The Kier molecular flexibility index (Phi) is 5.11. The van der Waals surface area contributed by atoms with Crippen molar-refractivity contribution in [3.63, 3.8) is 0 Å². The molecule has 0 aliphatic heterocycles. The van der Waals surface area contributed by atoms with Gasteiger partial charge >= 0.3 is 6.18 Å². The molecule has 0 heterocycles. The molecular weight excluding hydrogens is 307 g/mol. The highest BCUT2D eigenvalue weighted by molar-refractivity contribution is 7.89. The van der Waals surface area contributed by atoms with Gasteiger partial charge in [-0.2, -0.15) is 13.2 Å². The molecule has 0 aliphatic carbocycles. The SMILES string of the molecule is CNS(=O)(=O)c1ccc(N(CC(F)(F)F)C(C)C)cc1N. The Labute approximate surface area is 122 Å². The second kappa shape index (κ2) is 6.10. The lowest BCUT2D eigenvalue weighted by Crippen LogP contribution is -2.39. The smallest absolute Gasteiger partial charge is 0.398 e. The fourth-order valence-corrected chi connectivity index (χ4v) is 2.67. The van der Waals surface area contributed by atoms with Crippen molar-refractivity contribution in [1.82, 2.24) is 4.72 Å². The van der Waals surface area contributed by atoms with Gasteiger partial charge in [-0.15, -0.1) is 0 Å². The lowest BCUT2D eigenvalue weighted by Gasteiger charge is -2.30. The van der Waals surface area contributed by atoms with E-state index in [9.17, 15) is 21.6 Å². The Morgan fingerprint density at radius 2 is 1.90 bits per heavy atom. The van der Waals surface area contributed by atoms with E-state index in [1.807, 2.05) is 0 Å². The topological polar surface area (TPSA) is 75.4 Å². The molecular formula is C12H18F3N3O2S. The van der Waals surface area contributed by atoms with Gasteiger partial charge in [0.05, 0.1) is 5.69 Å². The fraction of sp³-hybridized carbons (Fsp3) is 0.500. The number of nitrogens with two attached hydrogens (primary N) is 1. The van der Waals surface area contributed by atoms with E-state index in [4.69, 9.17) is 5.73 Å². The van der Waals surface area contributed by atoms with E-state index >= 15 is 0 Å². The predicted molar refractivity (Wildman–Crippen MR) is 75.6 cm³/mol. The van der Waals surface area contributed by atoms with Gasteiger partial charge in [-0.1, -0.05) is 0 Å². The van der Waals surface area contributed by atoms with Gasteiger partial charge in [0.1, 0.15) is 11.4 Å². The van der Waals surface area contributed by atoms with Crippen molar-refractivity contribution in [1.29, 1.82) is 0 Å². The summed E-state index contributed by atoms with van der Waals surface area (Å²) in [5, 5.41) is 0. The number of hydrogen-bond acceptors (Lipinski definition) is 4. The van der Waals surface area contributed by atoms with E-state index < -0.39 is 28.8 Å². The van der Waals surface area contributed by atoms with Gasteiger partial charge in [-0.3, -0.25) is 0 Å². The monoisotopic (exact) mass is 325 g/mol. The number of nitrogens with one attached hydrogen (secondary N) is 1. The third-order valence-corrected chi connectivity index (χ3v) is 4.34. The summed E-state index contributed by atoms with van der Waals surface area (Å²) in [4.78, 5) is 0.941. The molecule has 0 atom stereocenters. The highest BCUT2D eigenvalue weighted by Gasteiger charge is 2.32. The zero-order valence-electron chi connectivity index (χ0n) is 11.9. The number of nitrogen functional groups attached to an aromatic ring is 1. The molecule has 0 saturated carbocycles. The third kappa shape index (κ3) is 4.50. The van der Waals surface area contributed by atoms with Gasteiger partial charge in [0.2, 0.25) is 10.0 Å². The Bertz CT molecular complexity index is 600. The molecule has 0 aromatic heterocycles. The number of nitrogens with zero attached hydrogens (tertiary/aromatic N) is 1. The Morgan fingerprint density at radius 1 is 1.33 bits per heavy atom. The number of benzene rings is 1. The van der Waals surface area contributed by atoms with Crippen molar-refractivity contribution in [3.05, 3.63) is 18.2 Å².